The van der Waals surface area contributed by atoms with Crippen molar-refractivity contribution < 1.29 is 19.4 Å². The fourth-order valence-corrected chi connectivity index (χ4v) is 3.95. The number of benzene rings is 2. The maximum atomic E-state index is 11.1. The Balaban J connectivity index is 1.76. The third-order valence-corrected chi connectivity index (χ3v) is 5.59. The Bertz CT molecular complexity index is 861. The fraction of sp³-hybridized carbons (Fsp3) is 0.346. The summed E-state index contributed by atoms with van der Waals surface area (Å²) < 4.78 is 10.6. The van der Waals surface area contributed by atoms with Gasteiger partial charge in [-0.15, -0.1) is 0 Å². The highest BCUT2D eigenvalue weighted by atomic mass is 16.5. The number of aliphatic hydroxyl groups is 1. The maximum Gasteiger partial charge on any atom is 0.335 e. The number of hydrogen-bond acceptors (Lipinski definition) is 4. The van der Waals surface area contributed by atoms with Gasteiger partial charge in [-0.05, 0) is 59.9 Å². The standard InChI is InChI=1S/C26H30O4/c1-2-26(28)30-18-17-29-25-19-24(15-14-23(25)9-6-16-27)22-12-10-21(11-13-22)20-7-4-3-5-8-20/h2,10-15,17-20,27H,1,3-9,16H2/b18-17+. The van der Waals surface area contributed by atoms with Crippen molar-refractivity contribution in [2.75, 3.05) is 6.61 Å². The summed E-state index contributed by atoms with van der Waals surface area (Å²) in [5, 5.41) is 9.17. The van der Waals surface area contributed by atoms with Gasteiger partial charge < -0.3 is 14.6 Å². The van der Waals surface area contributed by atoms with Gasteiger partial charge in [0.05, 0.1) is 0 Å². The lowest BCUT2D eigenvalue weighted by Gasteiger charge is -2.22. The van der Waals surface area contributed by atoms with Gasteiger partial charge in [-0.1, -0.05) is 62.2 Å². The minimum atomic E-state index is -0.540. The summed E-state index contributed by atoms with van der Waals surface area (Å²) in [5.74, 6) is 0.835. The van der Waals surface area contributed by atoms with Crippen molar-refractivity contribution in [1.29, 1.82) is 0 Å². The molecule has 1 aliphatic carbocycles. The molecule has 158 valence electrons. The molecule has 0 amide bonds. The van der Waals surface area contributed by atoms with E-state index in [-0.39, 0.29) is 6.61 Å². The number of aliphatic hydroxyl groups excluding tert-OH is 1. The van der Waals surface area contributed by atoms with Gasteiger partial charge in [-0.3, -0.25) is 0 Å². The highest BCUT2D eigenvalue weighted by Gasteiger charge is 2.15. The fourth-order valence-electron chi connectivity index (χ4n) is 3.95. The summed E-state index contributed by atoms with van der Waals surface area (Å²) >= 11 is 0. The number of esters is 1. The minimum Gasteiger partial charge on any atom is -0.461 e. The number of carbonyl (C=O) groups excluding carboxylic acids is 1. The Labute approximate surface area is 178 Å². The summed E-state index contributed by atoms with van der Waals surface area (Å²) in [6, 6.07) is 15.0. The van der Waals surface area contributed by atoms with Crippen LogP contribution in [-0.4, -0.2) is 17.7 Å². The quantitative estimate of drug-likeness (QED) is 0.320. The van der Waals surface area contributed by atoms with E-state index in [0.717, 1.165) is 22.8 Å². The molecular formula is C26H30O4. The normalized spacial score (nSPS) is 14.6. The smallest absolute Gasteiger partial charge is 0.335 e. The van der Waals surface area contributed by atoms with E-state index in [1.54, 1.807) is 0 Å². The zero-order valence-corrected chi connectivity index (χ0v) is 17.4. The van der Waals surface area contributed by atoms with Crippen LogP contribution in [-0.2, 0) is 16.0 Å². The Morgan fingerprint density at radius 1 is 1.03 bits per heavy atom. The van der Waals surface area contributed by atoms with Crippen LogP contribution < -0.4 is 4.74 Å². The second-order valence-corrected chi connectivity index (χ2v) is 7.64. The van der Waals surface area contributed by atoms with Crippen molar-refractivity contribution >= 4 is 5.97 Å². The lowest BCUT2D eigenvalue weighted by Crippen LogP contribution is -2.04. The van der Waals surface area contributed by atoms with Crippen molar-refractivity contribution in [3.63, 3.8) is 0 Å². The van der Waals surface area contributed by atoms with Gasteiger partial charge in [-0.25, -0.2) is 4.79 Å². The number of rotatable bonds is 9. The first kappa shape index (κ1) is 21.8. The van der Waals surface area contributed by atoms with Crippen LogP contribution >= 0.6 is 0 Å². The van der Waals surface area contributed by atoms with Gasteiger partial charge in [0.15, 0.2) is 0 Å². The van der Waals surface area contributed by atoms with Crippen LogP contribution in [0.25, 0.3) is 11.1 Å². The first-order valence-corrected chi connectivity index (χ1v) is 10.7. The molecule has 2 aromatic rings. The molecule has 0 spiro atoms. The van der Waals surface area contributed by atoms with Crippen molar-refractivity contribution in [2.24, 2.45) is 0 Å². The molecule has 0 heterocycles. The molecule has 1 saturated carbocycles. The molecule has 30 heavy (non-hydrogen) atoms. The molecule has 0 unspecified atom stereocenters. The summed E-state index contributed by atoms with van der Waals surface area (Å²) in [6.07, 6.45) is 11.6. The molecule has 0 aliphatic heterocycles. The molecule has 2 aromatic carbocycles. The van der Waals surface area contributed by atoms with Gasteiger partial charge in [-0.2, -0.15) is 0 Å². The van der Waals surface area contributed by atoms with Crippen LogP contribution in [0.5, 0.6) is 5.75 Å². The second-order valence-electron chi connectivity index (χ2n) is 7.64. The van der Waals surface area contributed by atoms with E-state index in [0.29, 0.717) is 24.5 Å². The van der Waals surface area contributed by atoms with Gasteiger partial charge in [0.2, 0.25) is 0 Å². The molecule has 3 rings (SSSR count). The first-order chi connectivity index (χ1) is 14.7. The highest BCUT2D eigenvalue weighted by Crippen LogP contribution is 2.34. The summed E-state index contributed by atoms with van der Waals surface area (Å²) in [4.78, 5) is 11.1. The van der Waals surface area contributed by atoms with E-state index in [1.165, 1.54) is 50.2 Å². The highest BCUT2D eigenvalue weighted by molar-refractivity contribution is 5.81. The lowest BCUT2D eigenvalue weighted by molar-refractivity contribution is -0.132. The van der Waals surface area contributed by atoms with Gasteiger partial charge in [0, 0.05) is 12.7 Å². The zero-order valence-electron chi connectivity index (χ0n) is 17.4. The Kier molecular flexibility index (Phi) is 8.28. The molecule has 1 aliphatic rings. The molecule has 0 radical (unpaired) electrons. The summed E-state index contributed by atoms with van der Waals surface area (Å²) in [6.45, 7) is 3.48. The Morgan fingerprint density at radius 2 is 1.77 bits per heavy atom. The summed E-state index contributed by atoms with van der Waals surface area (Å²) in [5.41, 5.74) is 4.62. The predicted octanol–water partition coefficient (Wildman–Crippen LogP) is 5.91. The molecule has 4 heteroatoms. The van der Waals surface area contributed by atoms with E-state index in [2.05, 4.69) is 36.9 Å². The lowest BCUT2D eigenvalue weighted by atomic mass is 9.83. The Hall–Kier alpha value is -2.85. The second kappa shape index (κ2) is 11.4. The van der Waals surface area contributed by atoms with Crippen molar-refractivity contribution in [1.82, 2.24) is 0 Å². The first-order valence-electron chi connectivity index (χ1n) is 10.7. The number of hydrogen-bond donors (Lipinski definition) is 1. The largest absolute Gasteiger partial charge is 0.461 e. The molecule has 0 atom stereocenters. The van der Waals surface area contributed by atoms with Crippen LogP contribution in [0.2, 0.25) is 0 Å². The number of carbonyl (C=O) groups is 1. The SMILES string of the molecule is C=CC(=O)O/C=C/Oc1cc(-c2ccc(C3CCCCC3)cc2)ccc1CCCO. The molecule has 1 fully saturated rings. The number of aryl methyl sites for hydroxylation is 1. The van der Waals surface area contributed by atoms with Crippen LogP contribution in [0, 0.1) is 0 Å². The molecule has 0 aromatic heterocycles. The van der Waals surface area contributed by atoms with Crippen molar-refractivity contribution in [3.05, 3.63) is 78.8 Å². The molecule has 0 saturated heterocycles. The minimum absolute atomic E-state index is 0.122. The van der Waals surface area contributed by atoms with Crippen LogP contribution in [0.3, 0.4) is 0 Å². The van der Waals surface area contributed by atoms with Gasteiger partial charge >= 0.3 is 5.97 Å². The predicted molar refractivity (Wildman–Crippen MR) is 119 cm³/mol. The Morgan fingerprint density at radius 3 is 2.47 bits per heavy atom. The van der Waals surface area contributed by atoms with Crippen LogP contribution in [0.15, 0.2) is 67.6 Å². The average molecular weight is 407 g/mol. The third kappa shape index (κ3) is 6.07. The van der Waals surface area contributed by atoms with E-state index < -0.39 is 5.97 Å². The van der Waals surface area contributed by atoms with Gasteiger partial charge in [0.1, 0.15) is 18.3 Å². The maximum absolute atomic E-state index is 11.1. The molecule has 1 N–H and O–H groups in total. The van der Waals surface area contributed by atoms with E-state index >= 15 is 0 Å². The van der Waals surface area contributed by atoms with Crippen LogP contribution in [0.4, 0.5) is 0 Å². The zero-order chi connectivity index (χ0) is 21.2. The molecule has 4 nitrogen and oxygen atoms in total. The van der Waals surface area contributed by atoms with Gasteiger partial charge in [0.25, 0.3) is 0 Å². The van der Waals surface area contributed by atoms with E-state index in [9.17, 15) is 4.79 Å². The van der Waals surface area contributed by atoms with Crippen LogP contribution in [0.1, 0.15) is 55.6 Å². The summed E-state index contributed by atoms with van der Waals surface area (Å²) in [7, 11) is 0. The number of ether oxygens (including phenoxy) is 2. The monoisotopic (exact) mass is 406 g/mol. The van der Waals surface area contributed by atoms with Crippen molar-refractivity contribution in [3.8, 4) is 16.9 Å². The molecule has 0 bridgehead atoms. The van der Waals surface area contributed by atoms with E-state index in [4.69, 9.17) is 14.6 Å². The molecular weight excluding hydrogens is 376 g/mol. The van der Waals surface area contributed by atoms with E-state index in [1.807, 2.05) is 12.1 Å². The topological polar surface area (TPSA) is 55.8 Å². The average Bonchev–Trinajstić information content (AvgIpc) is 2.81. The van der Waals surface area contributed by atoms with Crippen molar-refractivity contribution in [2.45, 2.75) is 50.9 Å². The third-order valence-electron chi connectivity index (χ3n) is 5.59.